The van der Waals surface area contributed by atoms with Gasteiger partial charge in [-0.2, -0.15) is 0 Å². The SMILES string of the molecule is c1ccc(-c2ccc3c(ccc4c3oc3cccc5c3c4c3cccc4oc6c7ccc(-c8ccccc8)cc7ccc6c5c43)c2)cc1. The highest BCUT2D eigenvalue weighted by Crippen LogP contribution is 2.48. The minimum absolute atomic E-state index is 0.888. The van der Waals surface area contributed by atoms with Crippen LogP contribution in [0.1, 0.15) is 0 Å². The zero-order chi connectivity index (χ0) is 31.3. The van der Waals surface area contributed by atoms with E-state index in [2.05, 4.69) is 158 Å². The quantitative estimate of drug-likeness (QED) is 0.144. The Bertz CT molecular complexity index is 2880. The average molecular weight is 611 g/mol. The van der Waals surface area contributed by atoms with Gasteiger partial charge in [-0.05, 0) is 92.3 Å². The second kappa shape index (κ2) is 9.57. The van der Waals surface area contributed by atoms with Gasteiger partial charge in [0.25, 0.3) is 0 Å². The second-order valence-electron chi connectivity index (χ2n) is 12.8. The van der Waals surface area contributed by atoms with Gasteiger partial charge in [-0.25, -0.2) is 0 Å². The number of fused-ring (bicyclic) bond motifs is 10. The molecule has 0 amide bonds. The molecule has 0 aliphatic heterocycles. The molecule has 0 bridgehead atoms. The summed E-state index contributed by atoms with van der Waals surface area (Å²) in [4.78, 5) is 0. The van der Waals surface area contributed by atoms with E-state index in [-0.39, 0.29) is 0 Å². The Morgan fingerprint density at radius 3 is 1.17 bits per heavy atom. The van der Waals surface area contributed by atoms with Crippen molar-refractivity contribution >= 4 is 87.0 Å². The number of hydrogen-bond donors (Lipinski definition) is 0. The number of benzene rings is 9. The highest BCUT2D eigenvalue weighted by molar-refractivity contribution is 6.40. The van der Waals surface area contributed by atoms with E-state index >= 15 is 0 Å². The van der Waals surface area contributed by atoms with Crippen molar-refractivity contribution in [1.82, 2.24) is 0 Å². The molecule has 0 fully saturated rings. The Morgan fingerprint density at radius 1 is 0.271 bits per heavy atom. The summed E-state index contributed by atoms with van der Waals surface area (Å²) < 4.78 is 13.8. The van der Waals surface area contributed by atoms with Gasteiger partial charge >= 0.3 is 0 Å². The molecule has 222 valence electrons. The Morgan fingerprint density at radius 2 is 0.708 bits per heavy atom. The maximum Gasteiger partial charge on any atom is 0.143 e. The lowest BCUT2D eigenvalue weighted by Gasteiger charge is -2.18. The fraction of sp³-hybridized carbons (Fsp3) is 0. The van der Waals surface area contributed by atoms with Gasteiger partial charge in [0.2, 0.25) is 0 Å². The molecule has 2 aromatic heterocycles. The van der Waals surface area contributed by atoms with Crippen molar-refractivity contribution < 1.29 is 8.83 Å². The summed E-state index contributed by atoms with van der Waals surface area (Å²) in [6.45, 7) is 0. The van der Waals surface area contributed by atoms with Crippen molar-refractivity contribution in [2.75, 3.05) is 0 Å². The van der Waals surface area contributed by atoms with E-state index in [0.29, 0.717) is 0 Å². The van der Waals surface area contributed by atoms with Crippen LogP contribution in [0.4, 0.5) is 0 Å². The van der Waals surface area contributed by atoms with Crippen LogP contribution >= 0.6 is 0 Å². The van der Waals surface area contributed by atoms with Crippen LogP contribution in [0.5, 0.6) is 0 Å². The van der Waals surface area contributed by atoms with Crippen LogP contribution in [0.15, 0.2) is 167 Å². The zero-order valence-electron chi connectivity index (χ0n) is 25.8. The van der Waals surface area contributed by atoms with Gasteiger partial charge in [-0.3, -0.25) is 0 Å². The molecule has 48 heavy (non-hydrogen) atoms. The summed E-state index contributed by atoms with van der Waals surface area (Å²) in [5.41, 5.74) is 8.40. The molecule has 0 N–H and O–H groups in total. The van der Waals surface area contributed by atoms with E-state index in [4.69, 9.17) is 8.83 Å². The smallest absolute Gasteiger partial charge is 0.143 e. The van der Waals surface area contributed by atoms with Gasteiger partial charge in [0.15, 0.2) is 0 Å². The first-order valence-electron chi connectivity index (χ1n) is 16.4. The molecular formula is C46H26O2. The van der Waals surface area contributed by atoms with Gasteiger partial charge in [0.05, 0.1) is 0 Å². The molecule has 2 nitrogen and oxygen atoms in total. The van der Waals surface area contributed by atoms with E-state index in [1.165, 1.54) is 43.8 Å². The molecule has 0 saturated carbocycles. The van der Waals surface area contributed by atoms with Crippen LogP contribution in [-0.2, 0) is 0 Å². The average Bonchev–Trinajstić information content (AvgIpc) is 3.16. The Kier molecular flexibility index (Phi) is 5.14. The predicted octanol–water partition coefficient (Wildman–Crippen LogP) is 13.4. The van der Waals surface area contributed by atoms with Crippen LogP contribution in [0.25, 0.3) is 109 Å². The minimum Gasteiger partial charge on any atom is -0.455 e. The number of hydrogen-bond acceptors (Lipinski definition) is 2. The Balaban J connectivity index is 1.24. The Labute approximate surface area is 275 Å². The van der Waals surface area contributed by atoms with Crippen molar-refractivity contribution in [2.24, 2.45) is 0 Å². The fourth-order valence-corrected chi connectivity index (χ4v) is 8.05. The highest BCUT2D eigenvalue weighted by atomic mass is 16.3. The largest absolute Gasteiger partial charge is 0.455 e. The van der Waals surface area contributed by atoms with Crippen molar-refractivity contribution in [3.8, 4) is 22.3 Å². The van der Waals surface area contributed by atoms with Crippen molar-refractivity contribution in [2.45, 2.75) is 0 Å². The maximum absolute atomic E-state index is 6.89. The maximum atomic E-state index is 6.89. The molecule has 2 heteroatoms. The molecular weight excluding hydrogens is 585 g/mol. The van der Waals surface area contributed by atoms with Crippen molar-refractivity contribution in [3.63, 3.8) is 0 Å². The summed E-state index contributed by atoms with van der Waals surface area (Å²) in [7, 11) is 0. The topological polar surface area (TPSA) is 26.3 Å². The third-order valence-electron chi connectivity index (χ3n) is 10.2. The standard InChI is InChI=1S/C46H26O2/c1-3-9-27(10-4-1)29-17-21-33-31(25-29)19-23-37-41-35-13-8-16-40-44(35)42(36-14-7-15-39(43(36)41)47-45(33)37)38-24-20-32-26-30(28-11-5-2-6-12-28)18-22-34(32)46(38)48-40/h1-26H. The molecule has 2 heterocycles. The lowest BCUT2D eigenvalue weighted by atomic mass is 9.89. The first-order chi connectivity index (χ1) is 23.8. The van der Waals surface area contributed by atoms with Gasteiger partial charge in [0.1, 0.15) is 22.3 Å². The predicted molar refractivity (Wildman–Crippen MR) is 202 cm³/mol. The number of rotatable bonds is 2. The Hall–Kier alpha value is -6.38. The molecule has 0 radical (unpaired) electrons. The van der Waals surface area contributed by atoms with Gasteiger partial charge in [-0.15, -0.1) is 0 Å². The summed E-state index contributed by atoms with van der Waals surface area (Å²) >= 11 is 0. The van der Waals surface area contributed by atoms with E-state index in [9.17, 15) is 0 Å². The van der Waals surface area contributed by atoms with Gasteiger partial charge in [0, 0.05) is 43.1 Å². The molecule has 0 spiro atoms. The summed E-state index contributed by atoms with van der Waals surface area (Å²) in [6.07, 6.45) is 0. The summed E-state index contributed by atoms with van der Waals surface area (Å²) in [5.74, 6) is 0. The van der Waals surface area contributed by atoms with Crippen LogP contribution in [0, 0.1) is 0 Å². The first kappa shape index (κ1) is 25.8. The first-order valence-corrected chi connectivity index (χ1v) is 16.4. The lowest BCUT2D eigenvalue weighted by Crippen LogP contribution is -1.91. The molecule has 0 aliphatic carbocycles. The van der Waals surface area contributed by atoms with Crippen LogP contribution in [0.2, 0.25) is 0 Å². The molecule has 11 aromatic rings. The fourth-order valence-electron chi connectivity index (χ4n) is 8.05. The highest BCUT2D eigenvalue weighted by Gasteiger charge is 2.21. The summed E-state index contributed by atoms with van der Waals surface area (Å²) in [6, 6.07) is 56.3. The van der Waals surface area contributed by atoms with Crippen LogP contribution in [-0.4, -0.2) is 0 Å². The van der Waals surface area contributed by atoms with Crippen molar-refractivity contribution in [1.29, 1.82) is 0 Å². The minimum atomic E-state index is 0.888. The summed E-state index contributed by atoms with van der Waals surface area (Å²) in [5, 5.41) is 13.8. The van der Waals surface area contributed by atoms with Gasteiger partial charge in [-0.1, -0.05) is 109 Å². The van der Waals surface area contributed by atoms with E-state index in [0.717, 1.165) is 65.4 Å². The van der Waals surface area contributed by atoms with E-state index in [1.807, 2.05) is 0 Å². The molecule has 9 aromatic carbocycles. The van der Waals surface area contributed by atoms with E-state index in [1.54, 1.807) is 0 Å². The van der Waals surface area contributed by atoms with Crippen molar-refractivity contribution in [3.05, 3.63) is 158 Å². The zero-order valence-corrected chi connectivity index (χ0v) is 25.8. The normalized spacial score (nSPS) is 12.2. The third-order valence-corrected chi connectivity index (χ3v) is 10.2. The van der Waals surface area contributed by atoms with E-state index < -0.39 is 0 Å². The van der Waals surface area contributed by atoms with Gasteiger partial charge < -0.3 is 8.83 Å². The monoisotopic (exact) mass is 610 g/mol. The molecule has 0 saturated heterocycles. The third kappa shape index (κ3) is 3.52. The lowest BCUT2D eigenvalue weighted by molar-refractivity contribution is 0.665. The van der Waals surface area contributed by atoms with Crippen LogP contribution in [0.3, 0.4) is 0 Å². The second-order valence-corrected chi connectivity index (χ2v) is 12.8. The molecule has 0 aliphatic rings. The molecule has 0 atom stereocenters. The molecule has 0 unspecified atom stereocenters. The molecule has 11 rings (SSSR count). The van der Waals surface area contributed by atoms with Crippen LogP contribution < -0.4 is 0 Å².